The van der Waals surface area contributed by atoms with Crippen LogP contribution >= 0.6 is 0 Å². The molecule has 16 nitrogen and oxygen atoms in total. The van der Waals surface area contributed by atoms with Crippen molar-refractivity contribution in [2.75, 3.05) is 27.3 Å². The standard InChI is InChI=1S/C41H50N10O6/c1-23(2)34(47-40(54)56-5)38(52)50-16-7-9-31(50)36-42-20-28(45-36)25-11-13-26(14-12-25)30-22-49-18-15-27(19-33(49)44-30)29-21-43-37(46-29)32-10-8-17-51(32)39(53)35(24(3)4)48-41(55)57-6/h11-15,18-24,31-32,34-35H,7-10,16-17H2,1-6H3,(H,42,45)(H,43,46)(H,47,54)(H,48,55). The molecule has 57 heavy (non-hydrogen) atoms. The first-order valence-electron chi connectivity index (χ1n) is 19.4. The smallest absolute Gasteiger partial charge is 0.407 e. The Morgan fingerprint density at radius 2 is 1.21 bits per heavy atom. The average molecular weight is 779 g/mol. The minimum absolute atomic E-state index is 0.111. The minimum Gasteiger partial charge on any atom is -0.453 e. The van der Waals surface area contributed by atoms with E-state index >= 15 is 0 Å². The van der Waals surface area contributed by atoms with Crippen molar-refractivity contribution in [3.05, 3.63) is 72.8 Å². The number of fused-ring (bicyclic) bond motifs is 1. The highest BCUT2D eigenvalue weighted by molar-refractivity contribution is 5.87. The minimum atomic E-state index is -0.700. The van der Waals surface area contributed by atoms with E-state index in [1.165, 1.54) is 14.2 Å². The van der Waals surface area contributed by atoms with Gasteiger partial charge in [0, 0.05) is 36.6 Å². The molecule has 4 atom stereocenters. The van der Waals surface area contributed by atoms with Crippen LogP contribution in [-0.2, 0) is 19.1 Å². The van der Waals surface area contributed by atoms with Crippen LogP contribution in [0.4, 0.5) is 9.59 Å². The van der Waals surface area contributed by atoms with Gasteiger partial charge in [-0.1, -0.05) is 52.0 Å². The lowest BCUT2D eigenvalue weighted by molar-refractivity contribution is -0.136. The molecule has 16 heteroatoms. The van der Waals surface area contributed by atoms with Gasteiger partial charge in [-0.2, -0.15) is 0 Å². The molecule has 6 heterocycles. The number of rotatable bonds is 11. The van der Waals surface area contributed by atoms with Crippen LogP contribution in [0.2, 0.25) is 0 Å². The number of carbonyl (C=O) groups is 4. The molecule has 300 valence electrons. The van der Waals surface area contributed by atoms with Gasteiger partial charge in [0.15, 0.2) is 0 Å². The van der Waals surface area contributed by atoms with Crippen LogP contribution in [0.15, 0.2) is 61.2 Å². The number of ether oxygens (including phenoxy) is 2. The quantitative estimate of drug-likeness (QED) is 0.127. The van der Waals surface area contributed by atoms with E-state index in [9.17, 15) is 19.2 Å². The van der Waals surface area contributed by atoms with Crippen LogP contribution < -0.4 is 10.6 Å². The number of carbonyl (C=O) groups excluding carboxylic acids is 4. The van der Waals surface area contributed by atoms with E-state index in [-0.39, 0.29) is 35.7 Å². The molecule has 4 N–H and O–H groups in total. The van der Waals surface area contributed by atoms with Gasteiger partial charge in [-0.25, -0.2) is 24.5 Å². The number of H-pyrrole nitrogens is 2. The number of benzene rings is 1. The molecule has 5 aromatic rings. The predicted molar refractivity (Wildman–Crippen MR) is 212 cm³/mol. The summed E-state index contributed by atoms with van der Waals surface area (Å²) in [5.74, 6) is 0.885. The fourth-order valence-electron chi connectivity index (χ4n) is 7.80. The second-order valence-corrected chi connectivity index (χ2v) is 15.3. The summed E-state index contributed by atoms with van der Waals surface area (Å²) < 4.78 is 11.5. The van der Waals surface area contributed by atoms with Gasteiger partial charge in [0.05, 0.1) is 55.8 Å². The van der Waals surface area contributed by atoms with Crippen molar-refractivity contribution in [2.45, 2.75) is 77.5 Å². The van der Waals surface area contributed by atoms with Crippen molar-refractivity contribution in [1.82, 2.24) is 49.8 Å². The van der Waals surface area contributed by atoms with E-state index in [1.807, 2.05) is 80.9 Å². The van der Waals surface area contributed by atoms with Crippen LogP contribution in [0, 0.1) is 11.8 Å². The monoisotopic (exact) mass is 778 g/mol. The van der Waals surface area contributed by atoms with Gasteiger partial charge in [-0.3, -0.25) is 9.59 Å². The maximum atomic E-state index is 13.6. The van der Waals surface area contributed by atoms with Gasteiger partial charge < -0.3 is 44.3 Å². The number of aromatic amines is 2. The highest BCUT2D eigenvalue weighted by Gasteiger charge is 2.39. The van der Waals surface area contributed by atoms with E-state index in [4.69, 9.17) is 14.5 Å². The lowest BCUT2D eigenvalue weighted by atomic mass is 10.0. The predicted octanol–water partition coefficient (Wildman–Crippen LogP) is 5.87. The molecule has 4 amide bonds. The molecule has 4 unspecified atom stereocenters. The summed E-state index contributed by atoms with van der Waals surface area (Å²) in [7, 11) is 2.57. The summed E-state index contributed by atoms with van der Waals surface area (Å²) in [5.41, 5.74) is 6.04. The fourth-order valence-corrected chi connectivity index (χ4v) is 7.80. The first-order valence-corrected chi connectivity index (χ1v) is 19.4. The number of nitrogens with zero attached hydrogens (tertiary/aromatic N) is 6. The molecule has 2 fully saturated rings. The molecule has 2 aliphatic rings. The molecular weight excluding hydrogens is 729 g/mol. The highest BCUT2D eigenvalue weighted by atomic mass is 16.5. The van der Waals surface area contributed by atoms with Crippen molar-refractivity contribution in [3.8, 4) is 33.8 Å². The molecule has 1 aromatic carbocycles. The third-order valence-electron chi connectivity index (χ3n) is 10.9. The van der Waals surface area contributed by atoms with E-state index in [2.05, 4.69) is 30.6 Å². The number of pyridine rings is 1. The number of aromatic nitrogens is 6. The van der Waals surface area contributed by atoms with Crippen LogP contribution in [0.5, 0.6) is 0 Å². The Kier molecular flexibility index (Phi) is 11.3. The zero-order chi connectivity index (χ0) is 40.4. The number of imidazole rings is 3. The van der Waals surface area contributed by atoms with Gasteiger partial charge in [0.1, 0.15) is 29.4 Å². The van der Waals surface area contributed by atoms with E-state index in [1.54, 1.807) is 22.2 Å². The number of methoxy groups -OCH3 is 2. The van der Waals surface area contributed by atoms with Gasteiger partial charge in [-0.15, -0.1) is 0 Å². The van der Waals surface area contributed by atoms with E-state index in [0.717, 1.165) is 65.1 Å². The second-order valence-electron chi connectivity index (χ2n) is 15.3. The van der Waals surface area contributed by atoms with Crippen LogP contribution in [0.25, 0.3) is 39.4 Å². The largest absolute Gasteiger partial charge is 0.453 e. The molecule has 0 aliphatic carbocycles. The molecule has 0 bridgehead atoms. The Balaban J connectivity index is 1.03. The van der Waals surface area contributed by atoms with Gasteiger partial charge in [-0.05, 0) is 55.2 Å². The average Bonchev–Trinajstić information content (AvgIpc) is 4.06. The number of amides is 4. The Morgan fingerprint density at radius 3 is 1.70 bits per heavy atom. The van der Waals surface area contributed by atoms with Crippen molar-refractivity contribution >= 4 is 29.6 Å². The summed E-state index contributed by atoms with van der Waals surface area (Å²) in [5, 5.41) is 5.39. The number of alkyl carbamates (subject to hydrolysis) is 2. The topological polar surface area (TPSA) is 192 Å². The van der Waals surface area contributed by atoms with Crippen LogP contribution in [0.1, 0.15) is 77.1 Å². The van der Waals surface area contributed by atoms with Gasteiger partial charge in [0.2, 0.25) is 11.8 Å². The Morgan fingerprint density at radius 1 is 0.719 bits per heavy atom. The molecule has 7 rings (SSSR count). The van der Waals surface area contributed by atoms with Crippen molar-refractivity contribution in [3.63, 3.8) is 0 Å². The second kappa shape index (κ2) is 16.5. The third kappa shape index (κ3) is 8.07. The normalized spacial score (nSPS) is 18.0. The first kappa shape index (κ1) is 39.1. The summed E-state index contributed by atoms with van der Waals surface area (Å²) >= 11 is 0. The Bertz CT molecular complexity index is 2240. The summed E-state index contributed by atoms with van der Waals surface area (Å²) in [6.45, 7) is 8.75. The molecule has 2 saturated heterocycles. The lowest BCUT2D eigenvalue weighted by Gasteiger charge is -2.30. The Hall–Kier alpha value is -6.19. The number of hydrogen-bond donors (Lipinski definition) is 4. The maximum Gasteiger partial charge on any atom is 0.407 e. The number of likely N-dealkylation sites (tertiary alicyclic amines) is 2. The van der Waals surface area contributed by atoms with Gasteiger partial charge in [0.25, 0.3) is 0 Å². The zero-order valence-corrected chi connectivity index (χ0v) is 33.1. The molecule has 0 spiro atoms. The zero-order valence-electron chi connectivity index (χ0n) is 33.1. The number of nitrogens with one attached hydrogen (secondary N) is 4. The van der Waals surface area contributed by atoms with Crippen LogP contribution in [-0.4, -0.2) is 103 Å². The van der Waals surface area contributed by atoms with Crippen molar-refractivity contribution in [2.24, 2.45) is 11.8 Å². The maximum absolute atomic E-state index is 13.6. The molecule has 0 saturated carbocycles. The fraction of sp³-hybridized carbons (Fsp3) is 0.439. The SMILES string of the molecule is COC(=O)NC(C(=O)N1CCCC1c1ncc(-c2ccc(-c3cn4ccc(-c5cnc(C6CCCN6C(=O)C(NC(=O)OC)C(C)C)[nH]5)cc4n3)cc2)[nH]1)C(C)C. The highest BCUT2D eigenvalue weighted by Crippen LogP contribution is 2.35. The molecular formula is C41H50N10O6. The summed E-state index contributed by atoms with van der Waals surface area (Å²) in [6.07, 6.45) is 9.48. The summed E-state index contributed by atoms with van der Waals surface area (Å²) in [6, 6.07) is 10.2. The first-order chi connectivity index (χ1) is 27.4. The Labute approximate surface area is 330 Å². The number of hydrogen-bond acceptors (Lipinski definition) is 9. The molecule has 2 aliphatic heterocycles. The summed E-state index contributed by atoms with van der Waals surface area (Å²) in [4.78, 5) is 75.8. The van der Waals surface area contributed by atoms with E-state index in [0.29, 0.717) is 24.7 Å². The molecule has 0 radical (unpaired) electrons. The van der Waals surface area contributed by atoms with E-state index < -0.39 is 24.3 Å². The van der Waals surface area contributed by atoms with Crippen molar-refractivity contribution < 1.29 is 28.7 Å². The lowest BCUT2D eigenvalue weighted by Crippen LogP contribution is -2.51. The van der Waals surface area contributed by atoms with Crippen LogP contribution in [0.3, 0.4) is 0 Å². The van der Waals surface area contributed by atoms with Crippen molar-refractivity contribution in [1.29, 1.82) is 0 Å². The van der Waals surface area contributed by atoms with Gasteiger partial charge >= 0.3 is 12.2 Å². The third-order valence-corrected chi connectivity index (χ3v) is 10.9. The molecule has 4 aromatic heterocycles.